The Morgan fingerprint density at radius 2 is 2.04 bits per heavy atom. The van der Waals surface area contributed by atoms with E-state index < -0.39 is 0 Å². The minimum absolute atomic E-state index is 0.765. The zero-order chi connectivity index (χ0) is 15.9. The average molecular weight is 351 g/mol. The third-order valence-electron chi connectivity index (χ3n) is 3.50. The number of aromatic nitrogens is 7. The Bertz CT molecular complexity index is 1140. The Morgan fingerprint density at radius 3 is 2.96 bits per heavy atom. The van der Waals surface area contributed by atoms with E-state index in [9.17, 15) is 0 Å². The van der Waals surface area contributed by atoms with Gasteiger partial charge in [0.2, 0.25) is 10.1 Å². The number of thiazole rings is 1. The quantitative estimate of drug-likeness (QED) is 0.465. The number of rotatable bonds is 3. The number of para-hydroxylation sites is 1. The molecule has 0 aliphatic carbocycles. The van der Waals surface area contributed by atoms with Gasteiger partial charge in [-0.25, -0.2) is 15.0 Å². The van der Waals surface area contributed by atoms with Crippen LogP contribution in [-0.2, 0) is 0 Å². The van der Waals surface area contributed by atoms with E-state index in [0.29, 0.717) is 0 Å². The van der Waals surface area contributed by atoms with Crippen molar-refractivity contribution >= 4 is 38.3 Å². The number of nitrogens with zero attached hydrogens (tertiary/aromatic N) is 7. The molecule has 0 bridgehead atoms. The van der Waals surface area contributed by atoms with Gasteiger partial charge in [-0.15, -0.1) is 10.2 Å². The molecule has 5 aromatic rings. The van der Waals surface area contributed by atoms with Crippen molar-refractivity contribution in [1.29, 1.82) is 0 Å². The largest absolute Gasteiger partial charge is 0.290 e. The predicted molar refractivity (Wildman–Crippen MR) is 91.6 cm³/mol. The topological polar surface area (TPSA) is 73.8 Å². The van der Waals surface area contributed by atoms with Gasteiger partial charge >= 0.3 is 0 Å². The van der Waals surface area contributed by atoms with E-state index in [0.717, 1.165) is 26.5 Å². The summed E-state index contributed by atoms with van der Waals surface area (Å²) in [6, 6.07) is 10.1. The number of fused-ring (bicyclic) bond motifs is 3. The van der Waals surface area contributed by atoms with Gasteiger partial charge in [0.15, 0.2) is 0 Å². The molecule has 0 radical (unpaired) electrons. The van der Waals surface area contributed by atoms with Crippen LogP contribution in [0.4, 0.5) is 0 Å². The molecule has 0 spiro atoms. The number of benzene rings is 1. The molecule has 5 rings (SSSR count). The normalized spacial score (nSPS) is 11.5. The molecule has 116 valence electrons. The van der Waals surface area contributed by atoms with Gasteiger partial charge in [0.1, 0.15) is 23.5 Å². The Hall–Kier alpha value is -2.78. The minimum atomic E-state index is 0.765. The summed E-state index contributed by atoms with van der Waals surface area (Å²) in [6.07, 6.45) is 6.81. The van der Waals surface area contributed by atoms with Crippen LogP contribution in [0.25, 0.3) is 21.0 Å². The molecule has 0 unspecified atom stereocenters. The van der Waals surface area contributed by atoms with Crippen molar-refractivity contribution in [1.82, 2.24) is 34.1 Å². The summed E-state index contributed by atoms with van der Waals surface area (Å²) in [5.41, 5.74) is 1.11. The van der Waals surface area contributed by atoms with Gasteiger partial charge in [0.05, 0.1) is 10.2 Å². The molecule has 0 fully saturated rings. The highest BCUT2D eigenvalue weighted by atomic mass is 32.2. The molecule has 4 heterocycles. The summed E-state index contributed by atoms with van der Waals surface area (Å²) in [6.45, 7) is 0. The molecule has 0 aliphatic heterocycles. The van der Waals surface area contributed by atoms with Crippen LogP contribution in [-0.4, -0.2) is 34.1 Å². The molecule has 24 heavy (non-hydrogen) atoms. The molecule has 7 nitrogen and oxygen atoms in total. The second kappa shape index (κ2) is 5.39. The molecule has 0 saturated carbocycles. The van der Waals surface area contributed by atoms with E-state index in [4.69, 9.17) is 0 Å². The van der Waals surface area contributed by atoms with Crippen LogP contribution in [0, 0.1) is 0 Å². The molecule has 0 saturated heterocycles. The van der Waals surface area contributed by atoms with Gasteiger partial charge in [-0.05, 0) is 23.9 Å². The van der Waals surface area contributed by atoms with Crippen molar-refractivity contribution in [3.05, 3.63) is 55.4 Å². The second-order valence-corrected chi connectivity index (χ2v) is 6.95. The SMILES string of the molecule is c1ccc2c(c1)sc1nnc(Sc3cc(-n4ccnc4)ncn3)n12. The lowest BCUT2D eigenvalue weighted by Gasteiger charge is -2.03. The van der Waals surface area contributed by atoms with Gasteiger partial charge in [0.25, 0.3) is 0 Å². The fraction of sp³-hybridized carbons (Fsp3) is 0. The highest BCUT2D eigenvalue weighted by Gasteiger charge is 2.14. The van der Waals surface area contributed by atoms with Crippen LogP contribution in [0.15, 0.2) is 65.6 Å². The van der Waals surface area contributed by atoms with Gasteiger partial charge in [-0.3, -0.25) is 8.97 Å². The number of imidazole rings is 1. The van der Waals surface area contributed by atoms with Crippen LogP contribution in [0.2, 0.25) is 0 Å². The number of hydrogen-bond acceptors (Lipinski definition) is 7. The zero-order valence-corrected chi connectivity index (χ0v) is 13.8. The molecule has 0 atom stereocenters. The fourth-order valence-electron chi connectivity index (χ4n) is 2.44. The molecule has 0 amide bonds. The number of hydrogen-bond donors (Lipinski definition) is 0. The lowest BCUT2D eigenvalue weighted by Crippen LogP contribution is -1.96. The fourth-order valence-corrected chi connectivity index (χ4v) is 4.27. The van der Waals surface area contributed by atoms with E-state index in [2.05, 4.69) is 41.7 Å². The molecule has 0 aliphatic rings. The summed E-state index contributed by atoms with van der Waals surface area (Å²) in [5, 5.41) is 10.2. The predicted octanol–water partition coefficient (Wildman–Crippen LogP) is 3.07. The molecular formula is C15H9N7S2. The lowest BCUT2D eigenvalue weighted by molar-refractivity contribution is 0.915. The highest BCUT2D eigenvalue weighted by Crippen LogP contribution is 2.32. The first kappa shape index (κ1) is 13.6. The van der Waals surface area contributed by atoms with Crippen LogP contribution in [0.1, 0.15) is 0 Å². The Morgan fingerprint density at radius 1 is 1.08 bits per heavy atom. The molecule has 9 heteroatoms. The van der Waals surface area contributed by atoms with Crippen molar-refractivity contribution in [2.24, 2.45) is 0 Å². The van der Waals surface area contributed by atoms with Gasteiger partial charge in [-0.2, -0.15) is 0 Å². The Kier molecular flexibility index (Phi) is 3.06. The van der Waals surface area contributed by atoms with Gasteiger partial charge < -0.3 is 0 Å². The summed E-state index contributed by atoms with van der Waals surface area (Å²) in [4.78, 5) is 13.5. The first-order chi connectivity index (χ1) is 11.9. The third kappa shape index (κ3) is 2.17. The summed E-state index contributed by atoms with van der Waals surface area (Å²) in [7, 11) is 0. The van der Waals surface area contributed by atoms with E-state index >= 15 is 0 Å². The van der Waals surface area contributed by atoms with Crippen molar-refractivity contribution < 1.29 is 0 Å². The van der Waals surface area contributed by atoms with Crippen molar-refractivity contribution in [3.8, 4) is 5.82 Å². The van der Waals surface area contributed by atoms with Crippen molar-refractivity contribution in [2.75, 3.05) is 0 Å². The van der Waals surface area contributed by atoms with Gasteiger partial charge in [-0.1, -0.05) is 23.5 Å². The van der Waals surface area contributed by atoms with E-state index in [-0.39, 0.29) is 0 Å². The summed E-state index contributed by atoms with van der Waals surface area (Å²) < 4.78 is 5.08. The van der Waals surface area contributed by atoms with E-state index in [1.54, 1.807) is 30.2 Å². The van der Waals surface area contributed by atoms with Crippen LogP contribution in [0.5, 0.6) is 0 Å². The maximum atomic E-state index is 4.34. The van der Waals surface area contributed by atoms with Crippen LogP contribution in [0.3, 0.4) is 0 Å². The molecule has 1 aromatic carbocycles. The zero-order valence-electron chi connectivity index (χ0n) is 12.1. The summed E-state index contributed by atoms with van der Waals surface area (Å²) >= 11 is 3.09. The highest BCUT2D eigenvalue weighted by molar-refractivity contribution is 7.99. The molecule has 0 N–H and O–H groups in total. The second-order valence-electron chi connectivity index (χ2n) is 4.96. The van der Waals surface area contributed by atoms with Crippen molar-refractivity contribution in [2.45, 2.75) is 10.2 Å². The smallest absolute Gasteiger partial charge is 0.217 e. The Balaban J connectivity index is 1.58. The Labute approximate surface area is 144 Å². The summed E-state index contributed by atoms with van der Waals surface area (Å²) in [5.74, 6) is 0.765. The molecular weight excluding hydrogens is 342 g/mol. The van der Waals surface area contributed by atoms with Crippen LogP contribution < -0.4 is 0 Å². The van der Waals surface area contributed by atoms with Crippen molar-refractivity contribution in [3.63, 3.8) is 0 Å². The van der Waals surface area contributed by atoms with Crippen LogP contribution >= 0.6 is 23.1 Å². The van der Waals surface area contributed by atoms with E-state index in [1.165, 1.54) is 16.5 Å². The van der Waals surface area contributed by atoms with E-state index in [1.807, 2.05) is 29.0 Å². The monoisotopic (exact) mass is 351 g/mol. The maximum Gasteiger partial charge on any atom is 0.217 e. The first-order valence-corrected chi connectivity index (χ1v) is 8.73. The standard InChI is InChI=1S/C15H9N7S2/c1-2-4-11-10(3-1)22-14(23-11)19-20-15(22)24-13-7-12(17-8-18-13)21-6-5-16-9-21/h1-9H. The third-order valence-corrected chi connectivity index (χ3v) is 5.39. The maximum absolute atomic E-state index is 4.34. The minimum Gasteiger partial charge on any atom is -0.290 e. The lowest BCUT2D eigenvalue weighted by atomic mass is 10.3. The average Bonchev–Trinajstić information content (AvgIpc) is 3.33. The first-order valence-electron chi connectivity index (χ1n) is 7.09. The van der Waals surface area contributed by atoms with Gasteiger partial charge in [0, 0.05) is 18.5 Å². The molecule has 4 aromatic heterocycles.